The van der Waals surface area contributed by atoms with Crippen molar-refractivity contribution in [3.8, 4) is 0 Å². The van der Waals surface area contributed by atoms with Crippen LogP contribution in [-0.2, 0) is 14.3 Å². The van der Waals surface area contributed by atoms with Crippen molar-refractivity contribution in [2.45, 2.75) is 56.5 Å². The maximum Gasteiger partial charge on any atom is 0.328 e. The number of nitrogens with zero attached hydrogens (tertiary/aromatic N) is 1. The Labute approximate surface area is 104 Å². The molecule has 0 radical (unpaired) electrons. The minimum absolute atomic E-state index is 0.124. The second-order valence-electron chi connectivity index (χ2n) is 4.97. The van der Waals surface area contributed by atoms with Gasteiger partial charge in [0.25, 0.3) is 0 Å². The van der Waals surface area contributed by atoms with Crippen LogP contribution in [-0.4, -0.2) is 41.9 Å². The first kappa shape index (κ1) is 13.2. The third-order valence-electron chi connectivity index (χ3n) is 3.81. The molecule has 1 saturated carbocycles. The van der Waals surface area contributed by atoms with Crippen LogP contribution in [0.5, 0.6) is 0 Å². The lowest BCUT2D eigenvalue weighted by molar-refractivity contribution is -0.152. The Morgan fingerprint density at radius 2 is 1.94 bits per heavy atom. The van der Waals surface area contributed by atoms with Crippen LogP contribution in [0.3, 0.4) is 0 Å². The van der Waals surface area contributed by atoms with Crippen molar-refractivity contribution in [3.05, 3.63) is 0 Å². The zero-order chi connectivity index (χ0) is 13.3. The van der Waals surface area contributed by atoms with Crippen molar-refractivity contribution >= 4 is 11.9 Å². The maximum atomic E-state index is 13.1. The van der Waals surface area contributed by atoms with E-state index in [1.165, 1.54) is 12.0 Å². The maximum absolute atomic E-state index is 13.1. The number of alkyl halides is 2. The highest BCUT2D eigenvalue weighted by Gasteiger charge is 2.44. The summed E-state index contributed by atoms with van der Waals surface area (Å²) >= 11 is 0. The average Bonchev–Trinajstić information content (AvgIpc) is 2.70. The van der Waals surface area contributed by atoms with Gasteiger partial charge in [-0.3, -0.25) is 4.79 Å². The third-order valence-corrected chi connectivity index (χ3v) is 3.81. The molecule has 1 unspecified atom stereocenters. The van der Waals surface area contributed by atoms with E-state index in [1.807, 2.05) is 0 Å². The van der Waals surface area contributed by atoms with E-state index in [-0.39, 0.29) is 37.6 Å². The van der Waals surface area contributed by atoms with Crippen molar-refractivity contribution in [3.63, 3.8) is 0 Å². The molecule has 0 aromatic heterocycles. The fourth-order valence-electron chi connectivity index (χ4n) is 2.83. The van der Waals surface area contributed by atoms with Crippen molar-refractivity contribution in [1.29, 1.82) is 0 Å². The highest BCUT2D eigenvalue weighted by molar-refractivity contribution is 5.88. The second-order valence-corrected chi connectivity index (χ2v) is 4.97. The number of methoxy groups -OCH3 is 1. The van der Waals surface area contributed by atoms with Crippen molar-refractivity contribution in [2.24, 2.45) is 0 Å². The summed E-state index contributed by atoms with van der Waals surface area (Å²) in [7, 11) is 1.28. The van der Waals surface area contributed by atoms with Gasteiger partial charge < -0.3 is 9.64 Å². The Balaban J connectivity index is 2.06. The first-order valence-electron chi connectivity index (χ1n) is 6.21. The molecule has 1 atom stereocenters. The van der Waals surface area contributed by atoms with E-state index in [9.17, 15) is 18.4 Å². The van der Waals surface area contributed by atoms with Crippen LogP contribution < -0.4 is 0 Å². The molecule has 0 spiro atoms. The van der Waals surface area contributed by atoms with Gasteiger partial charge in [-0.25, -0.2) is 13.6 Å². The Bertz CT molecular complexity index is 349. The molecule has 0 bridgehead atoms. The highest BCUT2D eigenvalue weighted by atomic mass is 19.3. The highest BCUT2D eigenvalue weighted by Crippen LogP contribution is 2.37. The summed E-state index contributed by atoms with van der Waals surface area (Å²) in [6, 6.07) is -0.831. The number of hydrogen-bond donors (Lipinski definition) is 0. The summed E-state index contributed by atoms with van der Waals surface area (Å²) in [5.41, 5.74) is 0. The molecule has 102 valence electrons. The molecule has 0 aromatic carbocycles. The van der Waals surface area contributed by atoms with Gasteiger partial charge in [0.05, 0.1) is 7.11 Å². The molecule has 1 amide bonds. The van der Waals surface area contributed by atoms with E-state index in [0.29, 0.717) is 12.8 Å². The number of ether oxygens (including phenoxy) is 1. The van der Waals surface area contributed by atoms with Crippen LogP contribution in [0.4, 0.5) is 8.78 Å². The number of carbonyl (C=O) groups excluding carboxylic acids is 2. The molecule has 4 nitrogen and oxygen atoms in total. The van der Waals surface area contributed by atoms with Crippen LogP contribution in [0.25, 0.3) is 0 Å². The van der Waals surface area contributed by atoms with Gasteiger partial charge in [0.1, 0.15) is 6.04 Å². The topological polar surface area (TPSA) is 46.6 Å². The van der Waals surface area contributed by atoms with E-state index in [2.05, 4.69) is 4.74 Å². The average molecular weight is 261 g/mol. The van der Waals surface area contributed by atoms with Crippen LogP contribution in [0.1, 0.15) is 38.5 Å². The lowest BCUT2D eigenvalue weighted by Gasteiger charge is -2.36. The zero-order valence-corrected chi connectivity index (χ0v) is 10.3. The molecule has 2 rings (SSSR count). The SMILES string of the molecule is COC(=O)C1CCC(=O)N1C1CCC(F)(F)CC1. The monoisotopic (exact) mass is 261 g/mol. The molecule has 0 aromatic rings. The molecular formula is C12H17F2NO3. The van der Waals surface area contributed by atoms with Crippen molar-refractivity contribution in [2.75, 3.05) is 7.11 Å². The van der Waals surface area contributed by atoms with Gasteiger partial charge in [-0.2, -0.15) is 0 Å². The predicted molar refractivity (Wildman–Crippen MR) is 59.1 cm³/mol. The normalized spacial score (nSPS) is 28.5. The van der Waals surface area contributed by atoms with Crippen LogP contribution in [0, 0.1) is 0 Å². The smallest absolute Gasteiger partial charge is 0.328 e. The third kappa shape index (κ3) is 2.47. The van der Waals surface area contributed by atoms with Gasteiger partial charge in [0, 0.05) is 25.3 Å². The van der Waals surface area contributed by atoms with Crippen LogP contribution >= 0.6 is 0 Å². The molecule has 0 N–H and O–H groups in total. The Hall–Kier alpha value is -1.20. The van der Waals surface area contributed by atoms with Gasteiger partial charge >= 0.3 is 5.97 Å². The number of likely N-dealkylation sites (tertiary alicyclic amines) is 1. The summed E-state index contributed by atoms with van der Waals surface area (Å²) in [5, 5.41) is 0. The Kier molecular flexibility index (Phi) is 3.54. The largest absolute Gasteiger partial charge is 0.467 e. The summed E-state index contributed by atoms with van der Waals surface area (Å²) < 4.78 is 30.8. The van der Waals surface area contributed by atoms with Gasteiger partial charge in [-0.05, 0) is 19.3 Å². The van der Waals surface area contributed by atoms with Gasteiger partial charge in [-0.15, -0.1) is 0 Å². The van der Waals surface area contributed by atoms with Gasteiger partial charge in [0.2, 0.25) is 11.8 Å². The molecule has 1 aliphatic heterocycles. The number of rotatable bonds is 2. The quantitative estimate of drug-likeness (QED) is 0.711. The fraction of sp³-hybridized carbons (Fsp3) is 0.833. The molecule has 1 heterocycles. The van der Waals surface area contributed by atoms with E-state index >= 15 is 0 Å². The van der Waals surface area contributed by atoms with Crippen LogP contribution in [0.15, 0.2) is 0 Å². The molecule has 18 heavy (non-hydrogen) atoms. The lowest BCUT2D eigenvalue weighted by atomic mass is 9.90. The number of amides is 1. The minimum Gasteiger partial charge on any atom is -0.467 e. The van der Waals surface area contributed by atoms with E-state index in [0.717, 1.165) is 0 Å². The van der Waals surface area contributed by atoms with Crippen molar-refractivity contribution < 1.29 is 23.1 Å². The molecule has 6 heteroatoms. The molecular weight excluding hydrogens is 244 g/mol. The number of hydrogen-bond acceptors (Lipinski definition) is 3. The molecule has 1 saturated heterocycles. The van der Waals surface area contributed by atoms with E-state index in [1.54, 1.807) is 0 Å². The first-order chi connectivity index (χ1) is 8.44. The van der Waals surface area contributed by atoms with Gasteiger partial charge in [0.15, 0.2) is 0 Å². The summed E-state index contributed by atoms with van der Waals surface area (Å²) in [5.74, 6) is -3.20. The number of halogens is 2. The van der Waals surface area contributed by atoms with E-state index in [4.69, 9.17) is 0 Å². The van der Waals surface area contributed by atoms with E-state index < -0.39 is 17.9 Å². The Morgan fingerprint density at radius 1 is 1.33 bits per heavy atom. The minimum atomic E-state index is -2.62. The predicted octanol–water partition coefficient (Wildman–Crippen LogP) is 1.73. The Morgan fingerprint density at radius 3 is 2.50 bits per heavy atom. The molecule has 2 aliphatic rings. The summed E-state index contributed by atoms with van der Waals surface area (Å²) in [4.78, 5) is 24.8. The number of carbonyl (C=O) groups is 2. The fourth-order valence-corrected chi connectivity index (χ4v) is 2.83. The summed E-state index contributed by atoms with van der Waals surface area (Å²) in [6.07, 6.45) is 0.814. The van der Waals surface area contributed by atoms with Crippen molar-refractivity contribution in [1.82, 2.24) is 4.90 Å². The standard InChI is InChI=1S/C12H17F2NO3/c1-18-11(17)9-2-3-10(16)15(9)8-4-6-12(13,14)7-5-8/h8-9H,2-7H2,1H3. The molecule has 1 aliphatic carbocycles. The van der Waals surface area contributed by atoms with Crippen LogP contribution in [0.2, 0.25) is 0 Å². The summed E-state index contributed by atoms with van der Waals surface area (Å²) in [6.45, 7) is 0. The molecule has 2 fully saturated rings. The second kappa shape index (κ2) is 4.82. The van der Waals surface area contributed by atoms with Gasteiger partial charge in [-0.1, -0.05) is 0 Å². The lowest BCUT2D eigenvalue weighted by Crippen LogP contribution is -2.48. The zero-order valence-electron chi connectivity index (χ0n) is 10.3. The first-order valence-corrected chi connectivity index (χ1v) is 6.21. The number of esters is 1.